The number of aromatic nitrogens is 3. The standard InChI is InChI=1S/C18H22N6O/c25-17(24-12-16(13-24)15-3-1-4-19-11-15)14-22-7-9-23(10-8-22)18-20-5-2-6-21-18/h1-6,11,16H,7-10,12-14H2. The van der Waals surface area contributed by atoms with Gasteiger partial charge in [-0.05, 0) is 17.7 Å². The Morgan fingerprint density at radius 1 is 1.04 bits per heavy atom. The molecule has 2 saturated heterocycles. The zero-order valence-electron chi connectivity index (χ0n) is 14.2. The fourth-order valence-corrected chi connectivity index (χ4v) is 3.36. The zero-order valence-corrected chi connectivity index (χ0v) is 14.2. The molecule has 4 rings (SSSR count). The molecule has 2 aliphatic rings. The number of likely N-dealkylation sites (tertiary alicyclic amines) is 1. The highest BCUT2D eigenvalue weighted by Gasteiger charge is 2.32. The highest BCUT2D eigenvalue weighted by atomic mass is 16.2. The Bertz CT molecular complexity index is 696. The molecule has 0 spiro atoms. The Labute approximate surface area is 147 Å². The summed E-state index contributed by atoms with van der Waals surface area (Å²) in [5, 5.41) is 0. The van der Waals surface area contributed by atoms with Gasteiger partial charge in [0, 0.05) is 70.0 Å². The lowest BCUT2D eigenvalue weighted by Gasteiger charge is -2.41. The van der Waals surface area contributed by atoms with E-state index in [4.69, 9.17) is 0 Å². The maximum Gasteiger partial charge on any atom is 0.236 e. The van der Waals surface area contributed by atoms with Gasteiger partial charge in [0.2, 0.25) is 11.9 Å². The minimum absolute atomic E-state index is 0.226. The monoisotopic (exact) mass is 338 g/mol. The first kappa shape index (κ1) is 16.0. The van der Waals surface area contributed by atoms with Gasteiger partial charge in [-0.2, -0.15) is 0 Å². The lowest BCUT2D eigenvalue weighted by molar-refractivity contribution is -0.137. The number of hydrogen-bond acceptors (Lipinski definition) is 6. The lowest BCUT2D eigenvalue weighted by Crippen LogP contribution is -2.54. The molecule has 0 aliphatic carbocycles. The van der Waals surface area contributed by atoms with Gasteiger partial charge < -0.3 is 9.80 Å². The third kappa shape index (κ3) is 3.61. The van der Waals surface area contributed by atoms with E-state index in [0.717, 1.165) is 45.2 Å². The summed E-state index contributed by atoms with van der Waals surface area (Å²) in [5.74, 6) is 1.44. The summed E-state index contributed by atoms with van der Waals surface area (Å²) in [7, 11) is 0. The normalized spacial score (nSPS) is 18.9. The second-order valence-electron chi connectivity index (χ2n) is 6.59. The first-order valence-corrected chi connectivity index (χ1v) is 8.71. The van der Waals surface area contributed by atoms with Crippen LogP contribution in [-0.2, 0) is 4.79 Å². The van der Waals surface area contributed by atoms with Crippen molar-refractivity contribution in [3.63, 3.8) is 0 Å². The number of anilines is 1. The Balaban J connectivity index is 1.22. The molecule has 0 N–H and O–H groups in total. The lowest BCUT2D eigenvalue weighted by atomic mass is 9.92. The number of hydrogen-bond donors (Lipinski definition) is 0. The molecule has 2 aromatic heterocycles. The smallest absolute Gasteiger partial charge is 0.236 e. The molecule has 7 nitrogen and oxygen atoms in total. The van der Waals surface area contributed by atoms with Gasteiger partial charge >= 0.3 is 0 Å². The van der Waals surface area contributed by atoms with Gasteiger partial charge in [-0.15, -0.1) is 0 Å². The van der Waals surface area contributed by atoms with E-state index in [0.29, 0.717) is 12.5 Å². The molecule has 25 heavy (non-hydrogen) atoms. The van der Waals surface area contributed by atoms with Gasteiger partial charge in [0.05, 0.1) is 6.54 Å². The molecule has 7 heteroatoms. The van der Waals surface area contributed by atoms with Crippen LogP contribution in [0.3, 0.4) is 0 Å². The Morgan fingerprint density at radius 2 is 1.80 bits per heavy atom. The van der Waals surface area contributed by atoms with Crippen LogP contribution in [0.5, 0.6) is 0 Å². The van der Waals surface area contributed by atoms with Crippen molar-refractivity contribution in [1.82, 2.24) is 24.8 Å². The van der Waals surface area contributed by atoms with Gasteiger partial charge in [0.15, 0.2) is 0 Å². The summed E-state index contributed by atoms with van der Waals surface area (Å²) in [4.78, 5) is 31.5. The fourth-order valence-electron chi connectivity index (χ4n) is 3.36. The molecule has 0 bridgehead atoms. The molecule has 0 saturated carbocycles. The van der Waals surface area contributed by atoms with Crippen LogP contribution >= 0.6 is 0 Å². The van der Waals surface area contributed by atoms with E-state index in [2.05, 4.69) is 30.8 Å². The van der Waals surface area contributed by atoms with Crippen molar-refractivity contribution in [1.29, 1.82) is 0 Å². The highest BCUT2D eigenvalue weighted by Crippen LogP contribution is 2.26. The number of carbonyl (C=O) groups is 1. The minimum atomic E-state index is 0.226. The fraction of sp³-hybridized carbons (Fsp3) is 0.444. The van der Waals surface area contributed by atoms with Crippen molar-refractivity contribution in [2.24, 2.45) is 0 Å². The van der Waals surface area contributed by atoms with Crippen molar-refractivity contribution < 1.29 is 4.79 Å². The van der Waals surface area contributed by atoms with E-state index >= 15 is 0 Å². The van der Waals surface area contributed by atoms with Crippen molar-refractivity contribution in [2.75, 3.05) is 50.7 Å². The number of piperazine rings is 1. The van der Waals surface area contributed by atoms with Gasteiger partial charge in [0.25, 0.3) is 0 Å². The molecule has 2 aromatic rings. The second-order valence-corrected chi connectivity index (χ2v) is 6.59. The molecule has 2 fully saturated rings. The van der Waals surface area contributed by atoms with E-state index in [1.54, 1.807) is 18.6 Å². The van der Waals surface area contributed by atoms with E-state index in [9.17, 15) is 4.79 Å². The minimum Gasteiger partial charge on any atom is -0.340 e. The summed E-state index contributed by atoms with van der Waals surface area (Å²) in [6.45, 7) is 5.56. The Kier molecular flexibility index (Phi) is 4.56. The van der Waals surface area contributed by atoms with Gasteiger partial charge in [-0.25, -0.2) is 9.97 Å². The number of nitrogens with zero attached hydrogens (tertiary/aromatic N) is 6. The highest BCUT2D eigenvalue weighted by molar-refractivity contribution is 5.79. The summed E-state index contributed by atoms with van der Waals surface area (Å²) in [6, 6.07) is 5.87. The molecule has 4 heterocycles. The molecule has 0 unspecified atom stereocenters. The molecule has 130 valence electrons. The van der Waals surface area contributed by atoms with Crippen LogP contribution < -0.4 is 4.90 Å². The molecule has 0 atom stereocenters. The average molecular weight is 338 g/mol. The SMILES string of the molecule is O=C(CN1CCN(c2ncccn2)CC1)N1CC(c2cccnc2)C1. The first-order valence-electron chi connectivity index (χ1n) is 8.71. The summed E-state index contributed by atoms with van der Waals surface area (Å²) in [6.07, 6.45) is 7.21. The Morgan fingerprint density at radius 3 is 2.48 bits per heavy atom. The average Bonchev–Trinajstić information content (AvgIpc) is 2.63. The van der Waals surface area contributed by atoms with Crippen molar-refractivity contribution in [3.05, 3.63) is 48.5 Å². The topological polar surface area (TPSA) is 65.5 Å². The largest absolute Gasteiger partial charge is 0.340 e. The molecule has 2 aliphatic heterocycles. The third-order valence-corrected chi connectivity index (χ3v) is 4.96. The summed E-state index contributed by atoms with van der Waals surface area (Å²) >= 11 is 0. The Hall–Kier alpha value is -2.54. The third-order valence-electron chi connectivity index (χ3n) is 4.96. The first-order chi connectivity index (χ1) is 12.3. The molecule has 0 aromatic carbocycles. The van der Waals surface area contributed by atoms with Gasteiger partial charge in [0.1, 0.15) is 0 Å². The second kappa shape index (κ2) is 7.14. The number of pyridine rings is 1. The van der Waals surface area contributed by atoms with Crippen molar-refractivity contribution >= 4 is 11.9 Å². The van der Waals surface area contributed by atoms with E-state index in [-0.39, 0.29) is 5.91 Å². The van der Waals surface area contributed by atoms with Crippen LogP contribution in [0.1, 0.15) is 11.5 Å². The van der Waals surface area contributed by atoms with Crippen LogP contribution in [0.25, 0.3) is 0 Å². The van der Waals surface area contributed by atoms with E-state index in [1.165, 1.54) is 5.56 Å². The predicted molar refractivity (Wildman–Crippen MR) is 94.2 cm³/mol. The quantitative estimate of drug-likeness (QED) is 0.814. The maximum absolute atomic E-state index is 12.5. The van der Waals surface area contributed by atoms with Gasteiger partial charge in [-0.3, -0.25) is 14.7 Å². The van der Waals surface area contributed by atoms with Crippen LogP contribution in [-0.4, -0.2) is 76.5 Å². The van der Waals surface area contributed by atoms with Crippen LogP contribution in [0, 0.1) is 0 Å². The maximum atomic E-state index is 12.5. The summed E-state index contributed by atoms with van der Waals surface area (Å²) in [5.41, 5.74) is 1.23. The van der Waals surface area contributed by atoms with Crippen LogP contribution in [0.2, 0.25) is 0 Å². The van der Waals surface area contributed by atoms with Crippen molar-refractivity contribution in [2.45, 2.75) is 5.92 Å². The molecule has 1 amide bonds. The van der Waals surface area contributed by atoms with E-state index < -0.39 is 0 Å². The van der Waals surface area contributed by atoms with Crippen LogP contribution in [0.15, 0.2) is 43.0 Å². The van der Waals surface area contributed by atoms with Gasteiger partial charge in [-0.1, -0.05) is 6.07 Å². The molecule has 0 radical (unpaired) electrons. The summed E-state index contributed by atoms with van der Waals surface area (Å²) < 4.78 is 0. The number of carbonyl (C=O) groups excluding carboxylic acids is 1. The number of amides is 1. The van der Waals surface area contributed by atoms with Crippen LogP contribution in [0.4, 0.5) is 5.95 Å². The molecular weight excluding hydrogens is 316 g/mol. The van der Waals surface area contributed by atoms with E-state index in [1.807, 2.05) is 23.2 Å². The molecular formula is C18H22N6O. The zero-order chi connectivity index (χ0) is 17.1. The van der Waals surface area contributed by atoms with Crippen molar-refractivity contribution in [3.8, 4) is 0 Å². The predicted octanol–water partition coefficient (Wildman–Crippen LogP) is 0.620. The number of rotatable bonds is 4.